The topological polar surface area (TPSA) is 49.4 Å². The van der Waals surface area contributed by atoms with Gasteiger partial charge in [0.05, 0.1) is 11.4 Å². The fraction of sp³-hybridized carbons (Fsp3) is 0.571. The summed E-state index contributed by atoms with van der Waals surface area (Å²) in [6.45, 7) is 3.89. The maximum Gasteiger partial charge on any atom is 0.236 e. The maximum atomic E-state index is 12.5. The van der Waals surface area contributed by atoms with Crippen molar-refractivity contribution in [1.29, 1.82) is 0 Å². The minimum atomic E-state index is -3.22. The number of hydrogen-bond acceptors (Lipinski definition) is 3. The first-order chi connectivity index (χ1) is 9.15. The second kappa shape index (κ2) is 6.39. The molecule has 0 aromatic heterocycles. The van der Waals surface area contributed by atoms with E-state index in [1.807, 2.05) is 31.2 Å². The summed E-state index contributed by atoms with van der Waals surface area (Å²) in [5, 5.41) is 3.08. The Hall–Kier alpha value is -1.07. The van der Waals surface area contributed by atoms with Crippen LogP contribution in [-0.4, -0.2) is 33.8 Å². The van der Waals surface area contributed by atoms with Crippen LogP contribution in [0.1, 0.15) is 25.3 Å². The lowest BCUT2D eigenvalue weighted by molar-refractivity contribution is 0.585. The van der Waals surface area contributed by atoms with E-state index in [-0.39, 0.29) is 5.75 Å². The quantitative estimate of drug-likeness (QED) is 0.837. The van der Waals surface area contributed by atoms with E-state index in [0.29, 0.717) is 13.1 Å². The van der Waals surface area contributed by atoms with Gasteiger partial charge in [-0.2, -0.15) is 0 Å². The molecule has 106 valence electrons. The van der Waals surface area contributed by atoms with Crippen molar-refractivity contribution in [3.8, 4) is 0 Å². The normalized spacial score (nSPS) is 15.9. The second-order valence-corrected chi connectivity index (χ2v) is 6.84. The Morgan fingerprint density at radius 2 is 2.05 bits per heavy atom. The lowest BCUT2D eigenvalue weighted by Crippen LogP contribution is -2.37. The first-order valence-corrected chi connectivity index (χ1v) is 8.55. The Morgan fingerprint density at radius 1 is 1.26 bits per heavy atom. The highest BCUT2D eigenvalue weighted by molar-refractivity contribution is 7.92. The fourth-order valence-electron chi connectivity index (χ4n) is 2.43. The van der Waals surface area contributed by atoms with E-state index >= 15 is 0 Å². The largest absolute Gasteiger partial charge is 0.316 e. The zero-order chi connectivity index (χ0) is 13.7. The second-order valence-electron chi connectivity index (χ2n) is 4.83. The molecule has 1 aliphatic rings. The molecule has 1 heterocycles. The molecule has 0 spiro atoms. The van der Waals surface area contributed by atoms with Crippen molar-refractivity contribution in [2.75, 3.05) is 29.7 Å². The number of hydrogen-bond donors (Lipinski definition) is 1. The van der Waals surface area contributed by atoms with E-state index in [9.17, 15) is 8.42 Å². The number of para-hydroxylation sites is 1. The van der Waals surface area contributed by atoms with Gasteiger partial charge in [0.2, 0.25) is 10.0 Å². The molecule has 2 rings (SSSR count). The Labute approximate surface area is 115 Å². The first kappa shape index (κ1) is 14.3. The van der Waals surface area contributed by atoms with Crippen LogP contribution in [0, 0.1) is 0 Å². The molecule has 0 aliphatic carbocycles. The minimum absolute atomic E-state index is 0.162. The highest BCUT2D eigenvalue weighted by atomic mass is 32.2. The molecule has 1 aromatic rings. The molecule has 0 saturated heterocycles. The van der Waals surface area contributed by atoms with Gasteiger partial charge in [-0.25, -0.2) is 8.42 Å². The summed E-state index contributed by atoms with van der Waals surface area (Å²) in [5.74, 6) is 0.162. The molecule has 0 radical (unpaired) electrons. The van der Waals surface area contributed by atoms with Gasteiger partial charge >= 0.3 is 0 Å². The predicted octanol–water partition coefficient (Wildman–Crippen LogP) is 1.77. The molecule has 1 aliphatic heterocycles. The Bertz CT molecular complexity index is 514. The Morgan fingerprint density at radius 3 is 2.84 bits per heavy atom. The van der Waals surface area contributed by atoms with Gasteiger partial charge in [-0.15, -0.1) is 0 Å². The number of rotatable bonds is 5. The number of sulfonamides is 1. The van der Waals surface area contributed by atoms with Crippen LogP contribution in [0.4, 0.5) is 5.69 Å². The van der Waals surface area contributed by atoms with Crippen LogP contribution in [0.25, 0.3) is 0 Å². The molecule has 0 saturated carbocycles. The van der Waals surface area contributed by atoms with E-state index in [1.54, 1.807) is 4.31 Å². The summed E-state index contributed by atoms with van der Waals surface area (Å²) in [5.41, 5.74) is 2.02. The summed E-state index contributed by atoms with van der Waals surface area (Å²) in [4.78, 5) is 0. The molecule has 0 fully saturated rings. The summed E-state index contributed by atoms with van der Waals surface area (Å²) >= 11 is 0. The van der Waals surface area contributed by atoms with Crippen molar-refractivity contribution in [2.45, 2.75) is 26.2 Å². The van der Waals surface area contributed by atoms with E-state index in [4.69, 9.17) is 0 Å². The number of benzene rings is 1. The van der Waals surface area contributed by atoms with Gasteiger partial charge in [-0.3, -0.25) is 4.31 Å². The van der Waals surface area contributed by atoms with Gasteiger partial charge in [0, 0.05) is 13.1 Å². The van der Waals surface area contributed by atoms with Gasteiger partial charge in [-0.1, -0.05) is 25.1 Å². The first-order valence-electron chi connectivity index (χ1n) is 6.94. The average Bonchev–Trinajstić information content (AvgIpc) is 2.61. The fourth-order valence-corrected chi connectivity index (χ4v) is 3.94. The molecule has 0 amide bonds. The van der Waals surface area contributed by atoms with Crippen LogP contribution >= 0.6 is 0 Å². The summed E-state index contributed by atoms with van der Waals surface area (Å²) in [6.07, 6.45) is 2.95. The third-order valence-electron chi connectivity index (χ3n) is 3.44. The van der Waals surface area contributed by atoms with Crippen molar-refractivity contribution in [3.63, 3.8) is 0 Å². The molecular weight excluding hydrogens is 260 g/mol. The lowest BCUT2D eigenvalue weighted by atomic mass is 10.1. The third kappa shape index (κ3) is 3.48. The van der Waals surface area contributed by atoms with E-state index in [2.05, 4.69) is 5.32 Å². The Balaban J connectivity index is 2.23. The number of nitrogens with one attached hydrogen (secondary N) is 1. The third-order valence-corrected chi connectivity index (χ3v) is 5.21. The molecule has 19 heavy (non-hydrogen) atoms. The highest BCUT2D eigenvalue weighted by Gasteiger charge is 2.25. The lowest BCUT2D eigenvalue weighted by Gasteiger charge is -2.24. The van der Waals surface area contributed by atoms with Gasteiger partial charge in [-0.05, 0) is 37.4 Å². The molecule has 0 bridgehead atoms. The number of aryl methyl sites for hydroxylation is 1. The number of fused-ring (bicyclic) bond motifs is 1. The van der Waals surface area contributed by atoms with Gasteiger partial charge < -0.3 is 5.32 Å². The molecule has 1 aromatic carbocycles. The average molecular weight is 282 g/mol. The van der Waals surface area contributed by atoms with Crippen molar-refractivity contribution in [3.05, 3.63) is 29.8 Å². The zero-order valence-electron chi connectivity index (χ0n) is 11.4. The van der Waals surface area contributed by atoms with Crippen molar-refractivity contribution in [2.24, 2.45) is 0 Å². The predicted molar refractivity (Wildman–Crippen MR) is 79.1 cm³/mol. The Kier molecular flexibility index (Phi) is 4.82. The molecular formula is C14H22N2O2S. The number of nitrogens with zero attached hydrogens (tertiary/aromatic N) is 1. The van der Waals surface area contributed by atoms with Gasteiger partial charge in [0.1, 0.15) is 0 Å². The standard InChI is InChI=1S/C14H22N2O2S/c1-2-15-10-12-19(17,18)16-11-6-5-8-13-7-3-4-9-14(13)16/h3-4,7,9,15H,2,5-6,8,10-12H2,1H3. The highest BCUT2D eigenvalue weighted by Crippen LogP contribution is 2.28. The van der Waals surface area contributed by atoms with Crippen LogP contribution in [0.15, 0.2) is 24.3 Å². The summed E-state index contributed by atoms with van der Waals surface area (Å²) in [7, 11) is -3.22. The van der Waals surface area contributed by atoms with E-state index < -0.39 is 10.0 Å². The van der Waals surface area contributed by atoms with E-state index in [1.165, 1.54) is 0 Å². The van der Waals surface area contributed by atoms with Crippen LogP contribution in [0.5, 0.6) is 0 Å². The van der Waals surface area contributed by atoms with Crippen LogP contribution in [-0.2, 0) is 16.4 Å². The zero-order valence-corrected chi connectivity index (χ0v) is 12.2. The van der Waals surface area contributed by atoms with Gasteiger partial charge in [0.25, 0.3) is 0 Å². The van der Waals surface area contributed by atoms with E-state index in [0.717, 1.165) is 37.1 Å². The SMILES string of the molecule is CCNCCS(=O)(=O)N1CCCCc2ccccc21. The summed E-state index contributed by atoms with van der Waals surface area (Å²) < 4.78 is 26.5. The minimum Gasteiger partial charge on any atom is -0.316 e. The van der Waals surface area contributed by atoms with Crippen LogP contribution in [0.3, 0.4) is 0 Å². The molecule has 4 nitrogen and oxygen atoms in total. The van der Waals surface area contributed by atoms with Crippen molar-refractivity contribution < 1.29 is 8.42 Å². The molecule has 5 heteroatoms. The monoisotopic (exact) mass is 282 g/mol. The molecule has 0 atom stereocenters. The smallest absolute Gasteiger partial charge is 0.236 e. The van der Waals surface area contributed by atoms with Crippen LogP contribution in [0.2, 0.25) is 0 Å². The van der Waals surface area contributed by atoms with Crippen LogP contribution < -0.4 is 9.62 Å². The van der Waals surface area contributed by atoms with Crippen molar-refractivity contribution in [1.82, 2.24) is 5.32 Å². The van der Waals surface area contributed by atoms with Crippen molar-refractivity contribution >= 4 is 15.7 Å². The molecule has 1 N–H and O–H groups in total. The number of anilines is 1. The maximum absolute atomic E-state index is 12.5. The summed E-state index contributed by atoms with van der Waals surface area (Å²) in [6, 6.07) is 7.85. The molecule has 0 unspecified atom stereocenters. The van der Waals surface area contributed by atoms with Gasteiger partial charge in [0.15, 0.2) is 0 Å².